The molecule has 0 aliphatic carbocycles. The van der Waals surface area contributed by atoms with Gasteiger partial charge in [-0.05, 0) is 33.4 Å². The second kappa shape index (κ2) is 7.00. The molecule has 2 heterocycles. The second-order valence-electron chi connectivity index (χ2n) is 6.45. The molecular formula is C20H16BrN3O3. The minimum Gasteiger partial charge on any atom is -0.326 e. The lowest BCUT2D eigenvalue weighted by atomic mass is 10.1. The lowest BCUT2D eigenvalue weighted by Crippen LogP contribution is -2.29. The highest BCUT2D eigenvalue weighted by Crippen LogP contribution is 2.32. The third-order valence-electron chi connectivity index (χ3n) is 4.68. The number of nitrogens with one attached hydrogen (secondary N) is 2. The number of nitrogens with zero attached hydrogens (tertiary/aromatic N) is 1. The van der Waals surface area contributed by atoms with Crippen molar-refractivity contribution >= 4 is 49.9 Å². The SMILES string of the molecule is O=C(Nc1cc(Br)c[nH]c1=O)C1CC(=O)N(c2cccc3ccccc23)C1. The molecule has 1 aromatic heterocycles. The average Bonchev–Trinajstić information content (AvgIpc) is 3.06. The number of aromatic nitrogens is 1. The Morgan fingerprint density at radius 2 is 1.93 bits per heavy atom. The summed E-state index contributed by atoms with van der Waals surface area (Å²) in [7, 11) is 0. The van der Waals surface area contributed by atoms with Crippen molar-refractivity contribution in [3.8, 4) is 0 Å². The fourth-order valence-corrected chi connectivity index (χ4v) is 3.69. The first-order valence-corrected chi connectivity index (χ1v) is 9.29. The summed E-state index contributed by atoms with van der Waals surface area (Å²) in [5.74, 6) is -0.959. The van der Waals surface area contributed by atoms with Crippen molar-refractivity contribution in [2.45, 2.75) is 6.42 Å². The van der Waals surface area contributed by atoms with E-state index in [2.05, 4.69) is 26.2 Å². The van der Waals surface area contributed by atoms with Crippen LogP contribution in [0.25, 0.3) is 10.8 Å². The minimum atomic E-state index is -0.519. The fourth-order valence-electron chi connectivity index (χ4n) is 3.34. The maximum absolute atomic E-state index is 12.6. The number of H-pyrrole nitrogens is 1. The van der Waals surface area contributed by atoms with Crippen molar-refractivity contribution in [3.63, 3.8) is 0 Å². The van der Waals surface area contributed by atoms with Crippen LogP contribution in [0.3, 0.4) is 0 Å². The number of rotatable bonds is 3. The van der Waals surface area contributed by atoms with Crippen LogP contribution < -0.4 is 15.8 Å². The third-order valence-corrected chi connectivity index (χ3v) is 5.14. The molecular weight excluding hydrogens is 410 g/mol. The highest BCUT2D eigenvalue weighted by Gasteiger charge is 2.36. The summed E-state index contributed by atoms with van der Waals surface area (Å²) in [5, 5.41) is 4.64. The third kappa shape index (κ3) is 3.38. The Morgan fingerprint density at radius 3 is 2.78 bits per heavy atom. The van der Waals surface area contributed by atoms with Gasteiger partial charge in [0.25, 0.3) is 5.56 Å². The molecule has 6 nitrogen and oxygen atoms in total. The number of benzene rings is 2. The van der Waals surface area contributed by atoms with Crippen LogP contribution in [0, 0.1) is 5.92 Å². The van der Waals surface area contributed by atoms with E-state index in [1.54, 1.807) is 4.90 Å². The van der Waals surface area contributed by atoms with E-state index >= 15 is 0 Å². The van der Waals surface area contributed by atoms with Crippen molar-refractivity contribution < 1.29 is 9.59 Å². The first-order chi connectivity index (χ1) is 13.0. The lowest BCUT2D eigenvalue weighted by Gasteiger charge is -2.19. The van der Waals surface area contributed by atoms with Gasteiger partial charge >= 0.3 is 0 Å². The van der Waals surface area contributed by atoms with E-state index in [1.807, 2.05) is 42.5 Å². The number of hydrogen-bond donors (Lipinski definition) is 2. The molecule has 1 aliphatic rings. The molecule has 3 aromatic rings. The van der Waals surface area contributed by atoms with E-state index in [4.69, 9.17) is 0 Å². The molecule has 1 atom stereocenters. The molecule has 1 saturated heterocycles. The number of anilines is 2. The molecule has 0 bridgehead atoms. The quantitative estimate of drug-likeness (QED) is 0.675. The number of carbonyl (C=O) groups excluding carboxylic acids is 2. The molecule has 0 saturated carbocycles. The number of halogens is 1. The standard InChI is InChI=1S/C20H16BrN3O3/c21-14-9-16(20(27)22-10-14)23-19(26)13-8-18(25)24(11-13)17-7-3-5-12-4-1-2-6-15(12)17/h1-7,9-10,13H,8,11H2,(H,22,27)(H,23,26). The van der Waals surface area contributed by atoms with Gasteiger partial charge in [0.05, 0.1) is 11.6 Å². The van der Waals surface area contributed by atoms with Crippen molar-refractivity contribution in [2.75, 3.05) is 16.8 Å². The maximum Gasteiger partial charge on any atom is 0.271 e. The molecule has 4 rings (SSSR count). The van der Waals surface area contributed by atoms with Crippen LogP contribution in [0.15, 0.2) is 64.0 Å². The number of aromatic amines is 1. The summed E-state index contributed by atoms with van der Waals surface area (Å²) in [6, 6.07) is 15.1. The van der Waals surface area contributed by atoms with E-state index < -0.39 is 5.92 Å². The Bertz CT molecular complexity index is 1100. The molecule has 2 amide bonds. The summed E-state index contributed by atoms with van der Waals surface area (Å²) in [6.45, 7) is 0.282. The van der Waals surface area contributed by atoms with Crippen LogP contribution in [0.5, 0.6) is 0 Å². The smallest absolute Gasteiger partial charge is 0.271 e. The Kier molecular flexibility index (Phi) is 4.53. The Morgan fingerprint density at radius 1 is 1.15 bits per heavy atom. The summed E-state index contributed by atoms with van der Waals surface area (Å²) < 4.78 is 0.650. The second-order valence-corrected chi connectivity index (χ2v) is 7.37. The highest BCUT2D eigenvalue weighted by molar-refractivity contribution is 9.10. The maximum atomic E-state index is 12.6. The molecule has 1 unspecified atom stereocenters. The molecule has 0 radical (unpaired) electrons. The largest absolute Gasteiger partial charge is 0.326 e. The zero-order chi connectivity index (χ0) is 19.0. The number of fused-ring (bicyclic) bond motifs is 1. The van der Waals surface area contributed by atoms with Gasteiger partial charge in [-0.2, -0.15) is 0 Å². The molecule has 2 N–H and O–H groups in total. The minimum absolute atomic E-state index is 0.102. The van der Waals surface area contributed by atoms with Crippen LogP contribution in [0.4, 0.5) is 11.4 Å². The average molecular weight is 426 g/mol. The predicted octanol–water partition coefficient (Wildman–Crippen LogP) is 3.28. The molecule has 7 heteroatoms. The number of hydrogen-bond acceptors (Lipinski definition) is 3. The number of carbonyl (C=O) groups is 2. The first-order valence-electron chi connectivity index (χ1n) is 8.50. The normalized spacial score (nSPS) is 16.7. The van der Waals surface area contributed by atoms with Gasteiger partial charge in [-0.25, -0.2) is 0 Å². The van der Waals surface area contributed by atoms with E-state index in [9.17, 15) is 14.4 Å². The molecule has 136 valence electrons. The van der Waals surface area contributed by atoms with Gasteiger partial charge in [-0.15, -0.1) is 0 Å². The monoisotopic (exact) mass is 425 g/mol. The number of pyridine rings is 1. The lowest BCUT2D eigenvalue weighted by molar-refractivity contribution is -0.122. The van der Waals surface area contributed by atoms with Gasteiger partial charge in [0.1, 0.15) is 5.69 Å². The molecule has 27 heavy (non-hydrogen) atoms. The first kappa shape index (κ1) is 17.5. The zero-order valence-corrected chi connectivity index (χ0v) is 15.8. The van der Waals surface area contributed by atoms with E-state index in [0.717, 1.165) is 16.5 Å². The summed E-state index contributed by atoms with van der Waals surface area (Å²) in [5.41, 5.74) is 0.570. The van der Waals surface area contributed by atoms with Crippen LogP contribution in [0.1, 0.15) is 6.42 Å². The highest BCUT2D eigenvalue weighted by atomic mass is 79.9. The molecule has 0 spiro atoms. The van der Waals surface area contributed by atoms with Crippen molar-refractivity contribution in [1.82, 2.24) is 4.98 Å². The molecule has 1 fully saturated rings. The van der Waals surface area contributed by atoms with Crippen molar-refractivity contribution in [3.05, 3.63) is 69.6 Å². The van der Waals surface area contributed by atoms with Gasteiger partial charge < -0.3 is 15.2 Å². The van der Waals surface area contributed by atoms with Gasteiger partial charge in [0.2, 0.25) is 11.8 Å². The molecule has 2 aromatic carbocycles. The summed E-state index contributed by atoms with van der Waals surface area (Å²) in [6.07, 6.45) is 1.61. The summed E-state index contributed by atoms with van der Waals surface area (Å²) in [4.78, 5) is 41.2. The van der Waals surface area contributed by atoms with Crippen molar-refractivity contribution in [1.29, 1.82) is 0 Å². The van der Waals surface area contributed by atoms with E-state index in [0.29, 0.717) is 4.47 Å². The molecule has 1 aliphatic heterocycles. The van der Waals surface area contributed by atoms with E-state index in [1.165, 1.54) is 12.3 Å². The van der Waals surface area contributed by atoms with Gasteiger partial charge in [-0.3, -0.25) is 14.4 Å². The Balaban J connectivity index is 1.58. The van der Waals surface area contributed by atoms with Crippen LogP contribution >= 0.6 is 15.9 Å². The fraction of sp³-hybridized carbons (Fsp3) is 0.150. The number of amides is 2. The van der Waals surface area contributed by atoms with Crippen molar-refractivity contribution in [2.24, 2.45) is 5.92 Å². The Hall–Kier alpha value is -2.93. The van der Waals surface area contributed by atoms with Gasteiger partial charge in [0, 0.05) is 29.0 Å². The predicted molar refractivity (Wildman–Crippen MR) is 108 cm³/mol. The van der Waals surface area contributed by atoms with Crippen LogP contribution in [0.2, 0.25) is 0 Å². The zero-order valence-electron chi connectivity index (χ0n) is 14.2. The van der Waals surface area contributed by atoms with Gasteiger partial charge in [-0.1, -0.05) is 36.4 Å². The Labute approximate surface area is 163 Å². The van der Waals surface area contributed by atoms with Gasteiger partial charge in [0.15, 0.2) is 0 Å². The van der Waals surface area contributed by atoms with Crippen LogP contribution in [-0.4, -0.2) is 23.3 Å². The topological polar surface area (TPSA) is 82.3 Å². The summed E-state index contributed by atoms with van der Waals surface area (Å²) >= 11 is 3.26. The van der Waals surface area contributed by atoms with Crippen LogP contribution in [-0.2, 0) is 9.59 Å². The van der Waals surface area contributed by atoms with E-state index in [-0.39, 0.29) is 36.0 Å².